The molecule has 1 aliphatic heterocycles. The maximum absolute atomic E-state index is 12.6. The van der Waals surface area contributed by atoms with Crippen molar-refractivity contribution in [2.45, 2.75) is 23.0 Å². The van der Waals surface area contributed by atoms with E-state index in [9.17, 15) is 13.2 Å². The number of piperidine rings is 1. The highest BCUT2D eigenvalue weighted by atomic mass is 32.2. The second-order valence-corrected chi connectivity index (χ2v) is 10.9. The third kappa shape index (κ3) is 4.38. The molecule has 0 bridgehead atoms. The van der Waals surface area contributed by atoms with Gasteiger partial charge < -0.3 is 10.1 Å². The van der Waals surface area contributed by atoms with Gasteiger partial charge in [0.1, 0.15) is 15.0 Å². The lowest BCUT2D eigenvalue weighted by atomic mass is 9.99. The van der Waals surface area contributed by atoms with E-state index in [-0.39, 0.29) is 16.8 Å². The number of amides is 1. The van der Waals surface area contributed by atoms with Gasteiger partial charge in [0.15, 0.2) is 0 Å². The van der Waals surface area contributed by atoms with E-state index >= 15 is 0 Å². The highest BCUT2D eigenvalue weighted by Crippen LogP contribution is 2.33. The summed E-state index contributed by atoms with van der Waals surface area (Å²) in [6.45, 7) is 0.857. The molecule has 3 aromatic rings. The lowest BCUT2D eigenvalue weighted by Crippen LogP contribution is -2.37. The molecule has 11 heteroatoms. The molecule has 0 spiro atoms. The van der Waals surface area contributed by atoms with Crippen molar-refractivity contribution in [3.63, 3.8) is 0 Å². The van der Waals surface area contributed by atoms with Crippen molar-refractivity contribution in [1.29, 1.82) is 0 Å². The van der Waals surface area contributed by atoms with E-state index < -0.39 is 10.0 Å². The third-order valence-corrected chi connectivity index (χ3v) is 9.23. The van der Waals surface area contributed by atoms with Crippen molar-refractivity contribution in [1.82, 2.24) is 14.5 Å². The van der Waals surface area contributed by atoms with E-state index in [1.165, 1.54) is 27.0 Å². The van der Waals surface area contributed by atoms with Gasteiger partial charge in [0, 0.05) is 24.7 Å². The number of hydrogen-bond acceptors (Lipinski definition) is 8. The van der Waals surface area contributed by atoms with E-state index in [1.54, 1.807) is 48.9 Å². The number of aromatic nitrogens is 2. The number of rotatable bonds is 6. The highest BCUT2D eigenvalue weighted by Gasteiger charge is 2.32. The van der Waals surface area contributed by atoms with Crippen molar-refractivity contribution in [2.75, 3.05) is 25.5 Å². The van der Waals surface area contributed by atoms with Crippen molar-refractivity contribution in [2.24, 2.45) is 0 Å². The van der Waals surface area contributed by atoms with Gasteiger partial charge in [-0.25, -0.2) is 8.42 Å². The number of carbonyl (C=O) groups excluding carboxylic acids is 1. The van der Waals surface area contributed by atoms with Gasteiger partial charge in [-0.1, -0.05) is 17.4 Å². The fraction of sp³-hybridized carbons (Fsp3) is 0.316. The molecular weight excluding hydrogens is 444 g/mol. The predicted molar refractivity (Wildman–Crippen MR) is 116 cm³/mol. The number of sulfonamides is 1. The van der Waals surface area contributed by atoms with E-state index in [4.69, 9.17) is 4.74 Å². The Morgan fingerprint density at radius 1 is 1.17 bits per heavy atom. The molecule has 1 aromatic carbocycles. The van der Waals surface area contributed by atoms with Crippen LogP contribution in [-0.2, 0) is 10.0 Å². The molecule has 0 saturated carbocycles. The summed E-state index contributed by atoms with van der Waals surface area (Å²) < 4.78 is 32.3. The van der Waals surface area contributed by atoms with E-state index in [0.29, 0.717) is 41.6 Å². The minimum absolute atomic E-state index is 0.0971. The molecular formula is C19H20N4O4S3. The van der Waals surface area contributed by atoms with Crippen LogP contribution in [0.3, 0.4) is 0 Å². The van der Waals surface area contributed by atoms with Gasteiger partial charge in [0.05, 0.1) is 7.11 Å². The number of nitrogens with one attached hydrogen (secondary N) is 1. The Labute approximate surface area is 182 Å². The average Bonchev–Trinajstić information content (AvgIpc) is 3.47. The number of carbonyl (C=O) groups is 1. The maximum atomic E-state index is 12.6. The zero-order chi connectivity index (χ0) is 21.1. The molecule has 30 heavy (non-hydrogen) atoms. The molecule has 1 N–H and O–H groups in total. The molecule has 1 amide bonds. The summed E-state index contributed by atoms with van der Waals surface area (Å²) in [7, 11) is -1.84. The Morgan fingerprint density at radius 3 is 2.53 bits per heavy atom. The molecule has 0 radical (unpaired) electrons. The van der Waals surface area contributed by atoms with Gasteiger partial charge in [0.2, 0.25) is 5.01 Å². The maximum Gasteiger partial charge on any atom is 0.286 e. The summed E-state index contributed by atoms with van der Waals surface area (Å²) in [5.41, 5.74) is 0.643. The number of nitrogens with zero attached hydrogens (tertiary/aromatic N) is 3. The molecule has 0 unspecified atom stereocenters. The molecule has 1 saturated heterocycles. The van der Waals surface area contributed by atoms with Crippen LogP contribution in [0.1, 0.15) is 33.6 Å². The van der Waals surface area contributed by atoms with Crippen molar-refractivity contribution in [3.8, 4) is 5.75 Å². The van der Waals surface area contributed by atoms with E-state index in [2.05, 4.69) is 15.5 Å². The Morgan fingerprint density at radius 2 is 1.90 bits per heavy atom. The lowest BCUT2D eigenvalue weighted by molar-refractivity contribution is 0.102. The minimum Gasteiger partial charge on any atom is -0.497 e. The van der Waals surface area contributed by atoms with E-state index in [1.807, 2.05) is 0 Å². The zero-order valence-corrected chi connectivity index (χ0v) is 18.6. The van der Waals surface area contributed by atoms with Gasteiger partial charge in [0.25, 0.3) is 15.9 Å². The fourth-order valence-electron chi connectivity index (χ4n) is 3.23. The van der Waals surface area contributed by atoms with Crippen LogP contribution in [0, 0.1) is 0 Å². The SMILES string of the molecule is COc1ccc(NC(=O)c2nnc(C3CCN(S(=O)(=O)c4cccs4)CC3)s2)cc1. The first-order valence-corrected chi connectivity index (χ1v) is 12.4. The summed E-state index contributed by atoms with van der Waals surface area (Å²) in [5.74, 6) is 0.486. The summed E-state index contributed by atoms with van der Waals surface area (Å²) in [4.78, 5) is 12.5. The third-order valence-electron chi connectivity index (χ3n) is 4.88. The molecule has 1 aliphatic rings. The van der Waals surface area contributed by atoms with Gasteiger partial charge in [-0.2, -0.15) is 4.31 Å². The first-order chi connectivity index (χ1) is 14.5. The molecule has 2 aromatic heterocycles. The van der Waals surface area contributed by atoms with Crippen LogP contribution in [0.25, 0.3) is 0 Å². The number of methoxy groups -OCH3 is 1. The highest BCUT2D eigenvalue weighted by molar-refractivity contribution is 7.91. The number of ether oxygens (including phenoxy) is 1. The standard InChI is InChI=1S/C19H20N4O4S3/c1-27-15-6-4-14(5-7-15)20-17(24)19-22-21-18(29-19)13-8-10-23(11-9-13)30(25,26)16-3-2-12-28-16/h2-7,12-13H,8-11H2,1H3,(H,20,24). The molecule has 158 valence electrons. The van der Waals surface area contributed by atoms with Gasteiger partial charge in [-0.3, -0.25) is 4.79 Å². The van der Waals surface area contributed by atoms with Crippen LogP contribution >= 0.6 is 22.7 Å². The predicted octanol–water partition coefficient (Wildman–Crippen LogP) is 3.43. The monoisotopic (exact) mass is 464 g/mol. The molecule has 0 atom stereocenters. The summed E-state index contributed by atoms with van der Waals surface area (Å²) in [5, 5.41) is 13.8. The van der Waals surface area contributed by atoms with Crippen LogP contribution in [0.5, 0.6) is 5.75 Å². The normalized spacial score (nSPS) is 15.8. The van der Waals surface area contributed by atoms with Crippen LogP contribution in [-0.4, -0.2) is 49.0 Å². The largest absolute Gasteiger partial charge is 0.497 e. The number of thiophene rings is 1. The van der Waals surface area contributed by atoms with Crippen molar-refractivity contribution in [3.05, 3.63) is 51.8 Å². The molecule has 0 aliphatic carbocycles. The second kappa shape index (κ2) is 8.80. The van der Waals surface area contributed by atoms with Crippen LogP contribution in [0.4, 0.5) is 5.69 Å². The van der Waals surface area contributed by atoms with Gasteiger partial charge in [-0.05, 0) is 48.6 Å². The molecule has 4 rings (SSSR count). The topological polar surface area (TPSA) is 101 Å². The molecule has 3 heterocycles. The quantitative estimate of drug-likeness (QED) is 0.600. The van der Waals surface area contributed by atoms with Gasteiger partial charge >= 0.3 is 0 Å². The first-order valence-electron chi connectivity index (χ1n) is 9.30. The fourth-order valence-corrected chi connectivity index (χ4v) is 6.75. The Balaban J connectivity index is 1.37. The Kier molecular flexibility index (Phi) is 6.14. The molecule has 8 nitrogen and oxygen atoms in total. The van der Waals surface area contributed by atoms with Crippen LogP contribution in [0.2, 0.25) is 0 Å². The number of anilines is 1. The molecule has 1 fully saturated rings. The Bertz CT molecular complexity index is 1100. The first kappa shape index (κ1) is 20.9. The van der Waals surface area contributed by atoms with Gasteiger partial charge in [-0.15, -0.1) is 21.5 Å². The Hall–Kier alpha value is -2.34. The smallest absolute Gasteiger partial charge is 0.286 e. The second-order valence-electron chi connectivity index (χ2n) is 6.74. The van der Waals surface area contributed by atoms with Crippen molar-refractivity contribution < 1.29 is 17.9 Å². The van der Waals surface area contributed by atoms with Crippen molar-refractivity contribution >= 4 is 44.3 Å². The summed E-state index contributed by atoms with van der Waals surface area (Å²) in [6.07, 6.45) is 1.30. The van der Waals surface area contributed by atoms with Crippen LogP contribution in [0.15, 0.2) is 46.0 Å². The number of hydrogen-bond donors (Lipinski definition) is 1. The van der Waals surface area contributed by atoms with E-state index in [0.717, 1.165) is 5.01 Å². The van der Waals surface area contributed by atoms with Crippen LogP contribution < -0.4 is 10.1 Å². The number of benzene rings is 1. The summed E-state index contributed by atoms with van der Waals surface area (Å²) in [6, 6.07) is 10.4. The average molecular weight is 465 g/mol. The minimum atomic E-state index is -3.43. The zero-order valence-electron chi connectivity index (χ0n) is 16.1. The summed E-state index contributed by atoms with van der Waals surface area (Å²) >= 11 is 2.48. The lowest BCUT2D eigenvalue weighted by Gasteiger charge is -2.29.